The molecule has 0 aromatic heterocycles. The van der Waals surface area contributed by atoms with Crippen molar-refractivity contribution in [1.29, 1.82) is 0 Å². The first-order valence-corrected chi connectivity index (χ1v) is 11.1. The molecule has 2 rings (SSSR count). The lowest BCUT2D eigenvalue weighted by Gasteiger charge is -2.20. The Balaban J connectivity index is 1.52. The Hall–Kier alpha value is -1.06. The van der Waals surface area contributed by atoms with Crippen LogP contribution in [0.1, 0.15) is 116 Å². The van der Waals surface area contributed by atoms with Gasteiger partial charge in [0.1, 0.15) is 12.2 Å². The van der Waals surface area contributed by atoms with Gasteiger partial charge in [-0.15, -0.1) is 0 Å². The summed E-state index contributed by atoms with van der Waals surface area (Å²) in [5.74, 6) is -0.187. The van der Waals surface area contributed by atoms with Gasteiger partial charge in [0, 0.05) is 12.8 Å². The molecule has 26 heavy (non-hydrogen) atoms. The summed E-state index contributed by atoms with van der Waals surface area (Å²) in [6.07, 6.45) is 18.9. The van der Waals surface area contributed by atoms with Crippen LogP contribution in [-0.4, -0.2) is 24.1 Å². The van der Waals surface area contributed by atoms with Crippen LogP contribution in [0.3, 0.4) is 0 Å². The van der Waals surface area contributed by atoms with Crippen LogP contribution in [0.15, 0.2) is 0 Å². The molecule has 4 nitrogen and oxygen atoms in total. The molecule has 0 spiro atoms. The molecule has 2 aliphatic carbocycles. The summed E-state index contributed by atoms with van der Waals surface area (Å²) in [5, 5.41) is 0. The van der Waals surface area contributed by atoms with E-state index < -0.39 is 0 Å². The summed E-state index contributed by atoms with van der Waals surface area (Å²) in [5.41, 5.74) is 0. The first kappa shape index (κ1) is 21.2. The number of hydrogen-bond acceptors (Lipinski definition) is 4. The summed E-state index contributed by atoms with van der Waals surface area (Å²) < 4.78 is 11.3. The highest BCUT2D eigenvalue weighted by Crippen LogP contribution is 2.21. The van der Waals surface area contributed by atoms with Crippen LogP contribution in [0.4, 0.5) is 0 Å². The van der Waals surface area contributed by atoms with E-state index in [4.69, 9.17) is 9.47 Å². The zero-order chi connectivity index (χ0) is 18.5. The molecular weight excluding hydrogens is 328 g/mol. The number of esters is 2. The predicted octanol–water partition coefficient (Wildman–Crippen LogP) is 5.86. The number of carbonyl (C=O) groups is 2. The van der Waals surface area contributed by atoms with Crippen LogP contribution >= 0.6 is 0 Å². The molecule has 2 saturated carbocycles. The fourth-order valence-electron chi connectivity index (χ4n) is 4.10. The standard InChI is InChI=1S/C22H38O4/c23-21(25-19-13-7-3-1-4-8-14-19)17-11-12-18-22(24)26-20-15-9-5-2-6-10-16-20/h19-20H,1-18H2. The van der Waals surface area contributed by atoms with E-state index in [1.807, 2.05) is 0 Å². The van der Waals surface area contributed by atoms with Gasteiger partial charge >= 0.3 is 11.9 Å². The summed E-state index contributed by atoms with van der Waals surface area (Å²) in [6, 6.07) is 0. The van der Waals surface area contributed by atoms with Crippen molar-refractivity contribution in [3.8, 4) is 0 Å². The van der Waals surface area contributed by atoms with Gasteiger partial charge in [0.15, 0.2) is 0 Å². The topological polar surface area (TPSA) is 52.6 Å². The van der Waals surface area contributed by atoms with Gasteiger partial charge in [-0.05, 0) is 64.2 Å². The van der Waals surface area contributed by atoms with Crippen molar-refractivity contribution in [2.24, 2.45) is 0 Å². The van der Waals surface area contributed by atoms with Crippen LogP contribution in [0, 0.1) is 0 Å². The maximum Gasteiger partial charge on any atom is 0.306 e. The lowest BCUT2D eigenvalue weighted by Crippen LogP contribution is -2.20. The SMILES string of the molecule is O=C(CCCCC(=O)OC1CCCCCCC1)OC1CCCCCCC1. The third-order valence-electron chi connectivity index (χ3n) is 5.71. The molecule has 2 fully saturated rings. The van der Waals surface area contributed by atoms with Crippen molar-refractivity contribution in [3.63, 3.8) is 0 Å². The molecular formula is C22H38O4. The van der Waals surface area contributed by atoms with Crippen LogP contribution in [0.5, 0.6) is 0 Å². The number of carbonyl (C=O) groups excluding carboxylic acids is 2. The minimum Gasteiger partial charge on any atom is -0.462 e. The molecule has 150 valence electrons. The molecule has 0 amide bonds. The Morgan fingerprint density at radius 2 is 0.846 bits per heavy atom. The van der Waals surface area contributed by atoms with Crippen molar-refractivity contribution < 1.29 is 19.1 Å². The average molecular weight is 367 g/mol. The summed E-state index contributed by atoms with van der Waals surface area (Å²) in [4.78, 5) is 24.0. The van der Waals surface area contributed by atoms with Crippen LogP contribution in [0.2, 0.25) is 0 Å². The van der Waals surface area contributed by atoms with Crippen molar-refractivity contribution in [3.05, 3.63) is 0 Å². The number of unbranched alkanes of at least 4 members (excludes halogenated alkanes) is 1. The first-order chi connectivity index (χ1) is 12.7. The van der Waals surface area contributed by atoms with Gasteiger partial charge in [-0.3, -0.25) is 9.59 Å². The van der Waals surface area contributed by atoms with Crippen LogP contribution in [0.25, 0.3) is 0 Å². The Morgan fingerprint density at radius 1 is 0.538 bits per heavy atom. The highest BCUT2D eigenvalue weighted by molar-refractivity contribution is 5.70. The van der Waals surface area contributed by atoms with E-state index in [-0.39, 0.29) is 24.1 Å². The Labute approximate surface area is 159 Å². The van der Waals surface area contributed by atoms with E-state index in [1.54, 1.807) is 0 Å². The molecule has 2 aliphatic rings. The quantitative estimate of drug-likeness (QED) is 0.418. The third kappa shape index (κ3) is 9.59. The van der Waals surface area contributed by atoms with Gasteiger partial charge in [0.25, 0.3) is 0 Å². The summed E-state index contributed by atoms with van der Waals surface area (Å²) in [6.45, 7) is 0. The number of hydrogen-bond donors (Lipinski definition) is 0. The smallest absolute Gasteiger partial charge is 0.306 e. The van der Waals surface area contributed by atoms with Crippen LogP contribution in [-0.2, 0) is 19.1 Å². The second-order valence-corrected chi connectivity index (χ2v) is 8.12. The van der Waals surface area contributed by atoms with Gasteiger partial charge < -0.3 is 9.47 Å². The largest absolute Gasteiger partial charge is 0.462 e. The molecule has 0 aromatic rings. The molecule has 0 aromatic carbocycles. The van der Waals surface area contributed by atoms with E-state index in [0.29, 0.717) is 25.7 Å². The van der Waals surface area contributed by atoms with E-state index in [9.17, 15) is 9.59 Å². The molecule has 0 atom stereocenters. The number of rotatable bonds is 7. The van der Waals surface area contributed by atoms with E-state index >= 15 is 0 Å². The van der Waals surface area contributed by atoms with Gasteiger partial charge in [-0.2, -0.15) is 0 Å². The highest BCUT2D eigenvalue weighted by Gasteiger charge is 2.17. The monoisotopic (exact) mass is 366 g/mol. The zero-order valence-electron chi connectivity index (χ0n) is 16.5. The fourth-order valence-corrected chi connectivity index (χ4v) is 4.10. The average Bonchev–Trinajstić information content (AvgIpc) is 2.56. The molecule has 0 bridgehead atoms. The van der Waals surface area contributed by atoms with Gasteiger partial charge in [-0.1, -0.05) is 38.5 Å². The maximum atomic E-state index is 12.0. The maximum absolute atomic E-state index is 12.0. The lowest BCUT2D eigenvalue weighted by molar-refractivity contribution is -0.152. The van der Waals surface area contributed by atoms with E-state index in [2.05, 4.69) is 0 Å². The van der Waals surface area contributed by atoms with Gasteiger partial charge in [0.2, 0.25) is 0 Å². The van der Waals surface area contributed by atoms with Crippen molar-refractivity contribution in [2.45, 2.75) is 128 Å². The second-order valence-electron chi connectivity index (χ2n) is 8.12. The van der Waals surface area contributed by atoms with Crippen molar-refractivity contribution in [2.75, 3.05) is 0 Å². The Morgan fingerprint density at radius 3 is 1.19 bits per heavy atom. The second kappa shape index (κ2) is 13.2. The molecule has 0 unspecified atom stereocenters. The molecule has 0 saturated heterocycles. The fraction of sp³-hybridized carbons (Fsp3) is 0.909. The minimum absolute atomic E-state index is 0.0936. The predicted molar refractivity (Wildman–Crippen MR) is 103 cm³/mol. The zero-order valence-corrected chi connectivity index (χ0v) is 16.5. The highest BCUT2D eigenvalue weighted by atomic mass is 16.5. The third-order valence-corrected chi connectivity index (χ3v) is 5.71. The van der Waals surface area contributed by atoms with Gasteiger partial charge in [0.05, 0.1) is 0 Å². The Bertz CT molecular complexity index is 353. The van der Waals surface area contributed by atoms with Crippen LogP contribution < -0.4 is 0 Å². The number of ether oxygens (including phenoxy) is 2. The Kier molecular flexibility index (Phi) is 10.8. The molecule has 0 heterocycles. The van der Waals surface area contributed by atoms with E-state index in [1.165, 1.54) is 64.2 Å². The summed E-state index contributed by atoms with van der Waals surface area (Å²) >= 11 is 0. The van der Waals surface area contributed by atoms with Crippen molar-refractivity contribution >= 4 is 11.9 Å². The lowest BCUT2D eigenvalue weighted by atomic mass is 9.98. The molecule has 0 aliphatic heterocycles. The van der Waals surface area contributed by atoms with Gasteiger partial charge in [-0.25, -0.2) is 0 Å². The summed E-state index contributed by atoms with van der Waals surface area (Å²) in [7, 11) is 0. The minimum atomic E-state index is -0.0936. The molecule has 0 N–H and O–H groups in total. The van der Waals surface area contributed by atoms with Crippen molar-refractivity contribution in [1.82, 2.24) is 0 Å². The normalized spacial score (nSPS) is 21.1. The van der Waals surface area contributed by atoms with E-state index in [0.717, 1.165) is 25.7 Å². The molecule has 4 heteroatoms. The molecule has 0 radical (unpaired) electrons. The first-order valence-electron chi connectivity index (χ1n) is 11.1.